The predicted octanol–water partition coefficient (Wildman–Crippen LogP) is 3.50. The lowest BCUT2D eigenvalue weighted by molar-refractivity contribution is -0.212. The Kier molecular flexibility index (Phi) is 7.90. The number of para-hydroxylation sites is 2. The number of piperidine rings is 1. The van der Waals surface area contributed by atoms with Gasteiger partial charge in [0, 0.05) is 19.0 Å². The quantitative estimate of drug-likeness (QED) is 0.411. The zero-order chi connectivity index (χ0) is 27.5. The van der Waals surface area contributed by atoms with E-state index in [1.807, 2.05) is 4.90 Å². The van der Waals surface area contributed by atoms with Crippen LogP contribution in [0.2, 0.25) is 0 Å². The third kappa shape index (κ3) is 6.41. The van der Waals surface area contributed by atoms with Crippen LogP contribution in [0.25, 0.3) is 11.0 Å². The number of benzene rings is 1. The van der Waals surface area contributed by atoms with Crippen molar-refractivity contribution in [3.8, 4) is 5.88 Å². The fourth-order valence-corrected chi connectivity index (χ4v) is 5.40. The summed E-state index contributed by atoms with van der Waals surface area (Å²) in [6, 6.07) is 9.54. The van der Waals surface area contributed by atoms with Gasteiger partial charge in [0.15, 0.2) is 6.10 Å². The minimum atomic E-state index is -4.75. The minimum absolute atomic E-state index is 0.0935. The molecule has 204 valence electrons. The number of ether oxygens (including phenoxy) is 1. The van der Waals surface area contributed by atoms with Crippen LogP contribution in [-0.2, 0) is 10.0 Å². The van der Waals surface area contributed by atoms with Gasteiger partial charge in [-0.25, -0.2) is 23.4 Å². The number of sulfonamides is 1. The molecule has 14 heteroatoms. The van der Waals surface area contributed by atoms with Gasteiger partial charge in [0.2, 0.25) is 15.8 Å². The van der Waals surface area contributed by atoms with Gasteiger partial charge in [-0.15, -0.1) is 0 Å². The van der Waals surface area contributed by atoms with Gasteiger partial charge in [-0.05, 0) is 43.5 Å². The lowest BCUT2D eigenvalue weighted by Gasteiger charge is -2.37. The number of nitrogens with two attached hydrogens (primary N) is 1. The summed E-state index contributed by atoms with van der Waals surface area (Å²) in [7, 11) is -3.87. The molecule has 1 saturated heterocycles. The fourth-order valence-electron chi connectivity index (χ4n) is 4.33. The average molecular weight is 553 g/mol. The first-order valence-corrected chi connectivity index (χ1v) is 13.6. The van der Waals surface area contributed by atoms with Crippen molar-refractivity contribution in [2.45, 2.75) is 38.5 Å². The number of hydrogen-bond acceptors (Lipinski definition) is 8. The summed E-state index contributed by atoms with van der Waals surface area (Å²) in [5.41, 5.74) is 6.53. The summed E-state index contributed by atoms with van der Waals surface area (Å²) in [5, 5.41) is 0. The number of carbonyl (C=O) groups excluding carboxylic acids is 1. The summed E-state index contributed by atoms with van der Waals surface area (Å²) in [4.78, 5) is 25.5. The molecule has 1 aliphatic rings. The van der Waals surface area contributed by atoms with E-state index in [1.54, 1.807) is 37.3 Å². The number of hydrogen-bond donors (Lipinski definition) is 2. The number of nitrogens with one attached hydrogen (secondary N) is 1. The van der Waals surface area contributed by atoms with Crippen LogP contribution >= 0.6 is 0 Å². The molecule has 0 bridgehead atoms. The average Bonchev–Trinajstić information content (AvgIpc) is 2.86. The lowest BCUT2D eigenvalue weighted by Crippen LogP contribution is -2.46. The molecule has 1 fully saturated rings. The maximum atomic E-state index is 14.3. The Morgan fingerprint density at radius 1 is 1.16 bits per heavy atom. The normalized spacial score (nSPS) is 15.8. The van der Waals surface area contributed by atoms with E-state index in [0.717, 1.165) is 0 Å². The van der Waals surface area contributed by atoms with Gasteiger partial charge in [0.1, 0.15) is 5.69 Å². The summed E-state index contributed by atoms with van der Waals surface area (Å²) in [5.74, 6) is -2.74. The highest BCUT2D eigenvalue weighted by Gasteiger charge is 2.48. The van der Waals surface area contributed by atoms with Gasteiger partial charge in [0.25, 0.3) is 11.8 Å². The molecule has 3 heterocycles. The van der Waals surface area contributed by atoms with E-state index in [9.17, 15) is 26.4 Å². The molecule has 3 aromatic rings. The second-order valence-corrected chi connectivity index (χ2v) is 10.8. The Bertz CT molecular complexity index is 1390. The number of amides is 1. The van der Waals surface area contributed by atoms with E-state index in [0.29, 0.717) is 17.6 Å². The number of anilines is 2. The molecule has 3 N–H and O–H groups in total. The van der Waals surface area contributed by atoms with Gasteiger partial charge in [-0.3, -0.25) is 9.52 Å². The molecule has 10 nitrogen and oxygen atoms in total. The summed E-state index contributed by atoms with van der Waals surface area (Å²) in [6.45, 7) is 2.24. The highest BCUT2D eigenvalue weighted by molar-refractivity contribution is 7.92. The smallest absolute Gasteiger partial charge is 0.425 e. The van der Waals surface area contributed by atoms with E-state index in [2.05, 4.69) is 19.7 Å². The summed E-state index contributed by atoms with van der Waals surface area (Å²) in [6.07, 6.45) is -4.94. The van der Waals surface area contributed by atoms with Gasteiger partial charge in [-0.1, -0.05) is 19.1 Å². The standard InChI is InChI=1S/C24H27F3N6O4S/c1-2-13-38(35,36)32-22-23(31-18-6-4-3-5-17(18)30-22)37-20(24(25,26)27)15-9-11-33(12-10-15)16-7-8-19(21(28)34)29-14-16/h3-8,14-15,20H,2,9-13H2,1H3,(H2,28,34)(H,30,32). The Hall–Kier alpha value is -3.68. The lowest BCUT2D eigenvalue weighted by atomic mass is 9.90. The maximum Gasteiger partial charge on any atom is 0.425 e. The second kappa shape index (κ2) is 11.0. The topological polar surface area (TPSA) is 140 Å². The Morgan fingerprint density at radius 2 is 1.82 bits per heavy atom. The highest BCUT2D eigenvalue weighted by Crippen LogP contribution is 2.37. The molecule has 0 spiro atoms. The number of alkyl halides is 3. The molecule has 4 rings (SSSR count). The van der Waals surface area contributed by atoms with Crippen molar-refractivity contribution in [1.82, 2.24) is 15.0 Å². The van der Waals surface area contributed by atoms with Crippen LogP contribution in [-0.4, -0.2) is 60.4 Å². The summed E-state index contributed by atoms with van der Waals surface area (Å²) >= 11 is 0. The molecular formula is C24H27F3N6O4S. The molecule has 1 aliphatic heterocycles. The van der Waals surface area contributed by atoms with E-state index >= 15 is 0 Å². The van der Waals surface area contributed by atoms with Crippen LogP contribution in [0.4, 0.5) is 24.7 Å². The number of carbonyl (C=O) groups is 1. The largest absolute Gasteiger partial charge is 0.462 e. The number of aromatic nitrogens is 3. The minimum Gasteiger partial charge on any atom is -0.462 e. The van der Waals surface area contributed by atoms with Gasteiger partial charge in [-0.2, -0.15) is 13.2 Å². The second-order valence-electron chi connectivity index (χ2n) is 8.96. The first-order chi connectivity index (χ1) is 18.0. The number of nitrogens with zero attached hydrogens (tertiary/aromatic N) is 4. The van der Waals surface area contributed by atoms with Crippen molar-refractivity contribution in [2.24, 2.45) is 11.7 Å². The number of pyridine rings is 1. The molecule has 1 aromatic carbocycles. The van der Waals surface area contributed by atoms with Crippen LogP contribution in [0.3, 0.4) is 0 Å². The Balaban J connectivity index is 1.58. The number of rotatable bonds is 9. The maximum absolute atomic E-state index is 14.3. The number of fused-ring (bicyclic) bond motifs is 1. The number of halogens is 3. The van der Waals surface area contributed by atoms with E-state index in [-0.39, 0.29) is 48.7 Å². The van der Waals surface area contributed by atoms with E-state index in [4.69, 9.17) is 10.5 Å². The zero-order valence-electron chi connectivity index (χ0n) is 20.5. The Labute approximate surface area is 217 Å². The van der Waals surface area contributed by atoms with Crippen molar-refractivity contribution >= 4 is 38.5 Å². The zero-order valence-corrected chi connectivity index (χ0v) is 21.3. The van der Waals surface area contributed by atoms with Gasteiger partial charge in [0.05, 0.1) is 28.7 Å². The van der Waals surface area contributed by atoms with Gasteiger partial charge < -0.3 is 15.4 Å². The number of primary amides is 1. The van der Waals surface area contributed by atoms with Crippen LogP contribution < -0.4 is 20.1 Å². The SMILES string of the molecule is CCCS(=O)(=O)Nc1nc2ccccc2nc1OC(C1CCN(c2ccc(C(N)=O)nc2)CC1)C(F)(F)F. The van der Waals surface area contributed by atoms with Crippen molar-refractivity contribution in [1.29, 1.82) is 0 Å². The van der Waals surface area contributed by atoms with Crippen molar-refractivity contribution in [3.63, 3.8) is 0 Å². The molecule has 1 atom stereocenters. The molecule has 1 amide bonds. The van der Waals surface area contributed by atoms with Gasteiger partial charge >= 0.3 is 6.18 Å². The third-order valence-corrected chi connectivity index (χ3v) is 7.61. The van der Waals surface area contributed by atoms with Crippen molar-refractivity contribution in [2.75, 3.05) is 28.5 Å². The van der Waals surface area contributed by atoms with Crippen LogP contribution in [0, 0.1) is 5.92 Å². The van der Waals surface area contributed by atoms with Crippen LogP contribution in [0.5, 0.6) is 5.88 Å². The van der Waals surface area contributed by atoms with Crippen LogP contribution in [0.15, 0.2) is 42.6 Å². The van der Waals surface area contributed by atoms with Crippen molar-refractivity contribution < 1.29 is 31.1 Å². The monoisotopic (exact) mass is 552 g/mol. The molecular weight excluding hydrogens is 525 g/mol. The molecule has 0 radical (unpaired) electrons. The first-order valence-electron chi connectivity index (χ1n) is 12.0. The fraction of sp³-hybridized carbons (Fsp3) is 0.417. The van der Waals surface area contributed by atoms with E-state index in [1.165, 1.54) is 12.3 Å². The molecule has 1 unspecified atom stereocenters. The molecule has 0 aliphatic carbocycles. The third-order valence-electron chi connectivity index (χ3n) is 6.16. The molecule has 0 saturated carbocycles. The van der Waals surface area contributed by atoms with Crippen molar-refractivity contribution in [3.05, 3.63) is 48.3 Å². The predicted molar refractivity (Wildman–Crippen MR) is 135 cm³/mol. The highest BCUT2D eigenvalue weighted by atomic mass is 32.2. The van der Waals surface area contributed by atoms with E-state index < -0.39 is 40.0 Å². The molecule has 2 aromatic heterocycles. The Morgan fingerprint density at radius 3 is 2.37 bits per heavy atom. The first kappa shape index (κ1) is 27.4. The molecule has 38 heavy (non-hydrogen) atoms. The van der Waals surface area contributed by atoms with Crippen LogP contribution in [0.1, 0.15) is 36.7 Å². The summed E-state index contributed by atoms with van der Waals surface area (Å²) < 4.78 is 75.3.